The topological polar surface area (TPSA) is 46.2 Å². The lowest BCUT2D eigenvalue weighted by molar-refractivity contribution is 0.155. The smallest absolute Gasteiger partial charge is 0.272 e. The average Bonchev–Trinajstić information content (AvgIpc) is 2.52. The highest BCUT2D eigenvalue weighted by molar-refractivity contribution is 7.10. The molecule has 0 aliphatic carbocycles. The van der Waals surface area contributed by atoms with Crippen molar-refractivity contribution in [3.05, 3.63) is 21.9 Å². The highest BCUT2D eigenvalue weighted by Gasteiger charge is 2.23. The van der Waals surface area contributed by atoms with Gasteiger partial charge >= 0.3 is 0 Å². The minimum absolute atomic E-state index is 0.0138. The fourth-order valence-electron chi connectivity index (χ4n) is 0.858. The maximum Gasteiger partial charge on any atom is 0.272 e. The Morgan fingerprint density at radius 3 is 2.69 bits per heavy atom. The summed E-state index contributed by atoms with van der Waals surface area (Å²) >= 11 is 0.959. The highest BCUT2D eigenvalue weighted by atomic mass is 32.1. The third-order valence-electron chi connectivity index (χ3n) is 1.82. The predicted octanol–water partition coefficient (Wildman–Crippen LogP) is 1.85. The van der Waals surface area contributed by atoms with Gasteiger partial charge in [-0.2, -0.15) is 0 Å². The Labute approximate surface area is 79.0 Å². The van der Waals surface area contributed by atoms with Gasteiger partial charge in [0.05, 0.1) is 17.0 Å². The van der Waals surface area contributed by atoms with Crippen molar-refractivity contribution in [2.75, 3.05) is 6.61 Å². The van der Waals surface area contributed by atoms with Crippen molar-refractivity contribution in [3.8, 4) is 0 Å². The molecule has 0 aliphatic rings. The summed E-state index contributed by atoms with van der Waals surface area (Å²) in [5.74, 6) is 0. The molecule has 3 N–H and O–H groups in total. The number of thiophene rings is 1. The second-order valence-electron chi connectivity index (χ2n) is 3.11. The molecule has 5 heteroatoms. The molecule has 0 radical (unpaired) electrons. The number of nitrogens with two attached hydrogens (primary N) is 1. The van der Waals surface area contributed by atoms with Gasteiger partial charge in [0.1, 0.15) is 0 Å². The number of hydrogen-bond acceptors (Lipinski definition) is 3. The Kier molecular flexibility index (Phi) is 3.00. The Hall–Kier alpha value is -0.520. The molecule has 1 atom stereocenters. The summed E-state index contributed by atoms with van der Waals surface area (Å²) in [6.45, 7) is 1.34. The van der Waals surface area contributed by atoms with Crippen LogP contribution < -0.4 is 5.73 Å². The molecule has 1 aromatic heterocycles. The molecule has 0 amide bonds. The maximum atomic E-state index is 12.2. The third kappa shape index (κ3) is 2.24. The Bertz CT molecular complexity index is 285. The molecule has 74 valence electrons. The van der Waals surface area contributed by atoms with Crippen LogP contribution in [0.25, 0.3) is 0 Å². The van der Waals surface area contributed by atoms with Gasteiger partial charge < -0.3 is 10.8 Å². The molecule has 2 nitrogen and oxygen atoms in total. The summed E-state index contributed by atoms with van der Waals surface area (Å²) in [7, 11) is 0. The van der Waals surface area contributed by atoms with E-state index in [-0.39, 0.29) is 11.5 Å². The first-order chi connectivity index (χ1) is 5.97. The van der Waals surface area contributed by atoms with E-state index in [9.17, 15) is 8.78 Å². The zero-order chi connectivity index (χ0) is 10.1. The quantitative estimate of drug-likeness (QED) is 0.794. The van der Waals surface area contributed by atoms with Crippen molar-refractivity contribution in [3.63, 3.8) is 0 Å². The second-order valence-corrected chi connectivity index (χ2v) is 4.06. The van der Waals surface area contributed by atoms with E-state index in [4.69, 9.17) is 10.8 Å². The van der Waals surface area contributed by atoms with Gasteiger partial charge in [-0.25, -0.2) is 8.78 Å². The summed E-state index contributed by atoms with van der Waals surface area (Å²) in [4.78, 5) is -0.0138. The van der Waals surface area contributed by atoms with Gasteiger partial charge in [0.15, 0.2) is 0 Å². The molecule has 1 rings (SSSR count). The number of aliphatic hydroxyl groups is 1. The monoisotopic (exact) mass is 207 g/mol. The summed E-state index contributed by atoms with van der Waals surface area (Å²) in [5.41, 5.74) is 5.29. The minimum Gasteiger partial charge on any atom is -0.394 e. The molecule has 1 aromatic rings. The van der Waals surface area contributed by atoms with E-state index >= 15 is 0 Å². The largest absolute Gasteiger partial charge is 0.394 e. The van der Waals surface area contributed by atoms with Crippen LogP contribution in [0.4, 0.5) is 8.78 Å². The summed E-state index contributed by atoms with van der Waals surface area (Å²) < 4.78 is 24.4. The van der Waals surface area contributed by atoms with E-state index in [0.717, 1.165) is 11.3 Å². The van der Waals surface area contributed by atoms with Crippen LogP contribution in [-0.4, -0.2) is 11.7 Å². The molecular weight excluding hydrogens is 196 g/mol. The van der Waals surface area contributed by atoms with Crippen molar-refractivity contribution in [2.45, 2.75) is 18.9 Å². The van der Waals surface area contributed by atoms with E-state index in [1.165, 1.54) is 6.07 Å². The van der Waals surface area contributed by atoms with E-state index in [0.29, 0.717) is 5.56 Å². The van der Waals surface area contributed by atoms with E-state index in [2.05, 4.69) is 0 Å². The zero-order valence-electron chi connectivity index (χ0n) is 7.13. The van der Waals surface area contributed by atoms with Gasteiger partial charge in [0.2, 0.25) is 0 Å². The number of alkyl halides is 2. The molecule has 0 spiro atoms. The lowest BCUT2D eigenvalue weighted by Crippen LogP contribution is -2.36. The van der Waals surface area contributed by atoms with Crippen LogP contribution in [0.5, 0.6) is 0 Å². The fraction of sp³-hybridized carbons (Fsp3) is 0.500. The van der Waals surface area contributed by atoms with Crippen LogP contribution in [-0.2, 0) is 5.54 Å². The molecule has 13 heavy (non-hydrogen) atoms. The molecular formula is C8H11F2NOS. The van der Waals surface area contributed by atoms with Crippen molar-refractivity contribution >= 4 is 11.3 Å². The van der Waals surface area contributed by atoms with E-state index < -0.39 is 12.0 Å². The molecule has 0 aliphatic heterocycles. The van der Waals surface area contributed by atoms with Gasteiger partial charge in [0, 0.05) is 0 Å². The SMILES string of the molecule is C[C@](N)(CO)c1csc(C(F)F)c1. The molecule has 0 saturated heterocycles. The molecule has 0 unspecified atom stereocenters. The predicted molar refractivity (Wildman–Crippen MR) is 47.9 cm³/mol. The molecule has 0 fully saturated rings. The summed E-state index contributed by atoms with van der Waals surface area (Å²) in [6.07, 6.45) is -2.46. The van der Waals surface area contributed by atoms with E-state index in [1.807, 2.05) is 0 Å². The van der Waals surface area contributed by atoms with Crippen molar-refractivity contribution in [2.24, 2.45) is 5.73 Å². The van der Waals surface area contributed by atoms with Crippen LogP contribution in [0, 0.1) is 0 Å². The number of halogens is 2. The number of rotatable bonds is 3. The van der Waals surface area contributed by atoms with Gasteiger partial charge in [0.25, 0.3) is 6.43 Å². The fourth-order valence-corrected chi connectivity index (χ4v) is 1.76. The standard InChI is InChI=1S/C8H11F2NOS/c1-8(11,4-12)5-2-6(7(9)10)13-3-5/h2-3,7,12H,4,11H2,1H3/t8-/m0/s1. The van der Waals surface area contributed by atoms with Crippen LogP contribution in [0.3, 0.4) is 0 Å². The van der Waals surface area contributed by atoms with Crippen LogP contribution in [0.2, 0.25) is 0 Å². The number of hydrogen-bond donors (Lipinski definition) is 2. The summed E-state index contributed by atoms with van der Waals surface area (Å²) in [6, 6.07) is 1.34. The first-order valence-electron chi connectivity index (χ1n) is 3.74. The van der Waals surface area contributed by atoms with Gasteiger partial charge in [-0.3, -0.25) is 0 Å². The minimum atomic E-state index is -2.46. The number of aliphatic hydroxyl groups excluding tert-OH is 1. The van der Waals surface area contributed by atoms with Crippen LogP contribution >= 0.6 is 11.3 Å². The first kappa shape index (κ1) is 10.6. The van der Waals surface area contributed by atoms with Gasteiger partial charge in [-0.05, 0) is 23.9 Å². The van der Waals surface area contributed by atoms with Crippen LogP contribution in [0.1, 0.15) is 23.8 Å². The molecule has 0 bridgehead atoms. The Balaban J connectivity index is 2.91. The first-order valence-corrected chi connectivity index (χ1v) is 4.62. The van der Waals surface area contributed by atoms with E-state index in [1.54, 1.807) is 12.3 Å². The normalized spacial score (nSPS) is 16.2. The average molecular weight is 207 g/mol. The van der Waals surface area contributed by atoms with Gasteiger partial charge in [-0.1, -0.05) is 0 Å². The second kappa shape index (κ2) is 3.69. The van der Waals surface area contributed by atoms with Crippen molar-refractivity contribution in [1.82, 2.24) is 0 Å². The zero-order valence-corrected chi connectivity index (χ0v) is 7.94. The summed E-state index contributed by atoms with van der Waals surface area (Å²) in [5, 5.41) is 10.4. The lowest BCUT2D eigenvalue weighted by Gasteiger charge is -2.19. The van der Waals surface area contributed by atoms with Crippen LogP contribution in [0.15, 0.2) is 11.4 Å². The third-order valence-corrected chi connectivity index (χ3v) is 2.76. The molecule has 1 heterocycles. The maximum absolute atomic E-state index is 12.2. The lowest BCUT2D eigenvalue weighted by atomic mass is 9.97. The highest BCUT2D eigenvalue weighted by Crippen LogP contribution is 2.30. The Morgan fingerprint density at radius 2 is 2.31 bits per heavy atom. The molecule has 0 saturated carbocycles. The van der Waals surface area contributed by atoms with Crippen molar-refractivity contribution < 1.29 is 13.9 Å². The van der Waals surface area contributed by atoms with Crippen molar-refractivity contribution in [1.29, 1.82) is 0 Å². The molecule has 0 aromatic carbocycles. The van der Waals surface area contributed by atoms with Gasteiger partial charge in [-0.15, -0.1) is 11.3 Å². The Morgan fingerprint density at radius 1 is 1.69 bits per heavy atom.